The van der Waals surface area contributed by atoms with Gasteiger partial charge in [0.15, 0.2) is 6.10 Å². The summed E-state index contributed by atoms with van der Waals surface area (Å²) < 4.78 is 23.5. The fraction of sp³-hybridized carbons (Fsp3) is 0.323. The van der Waals surface area contributed by atoms with E-state index in [0.29, 0.717) is 0 Å². The summed E-state index contributed by atoms with van der Waals surface area (Å²) in [6, 6.07) is 27.8. The first-order valence-corrected chi connectivity index (χ1v) is 13.0. The monoisotopic (exact) mass is 547 g/mol. The van der Waals surface area contributed by atoms with Crippen LogP contribution in [0, 0.1) is 0 Å². The molecule has 210 valence electrons. The van der Waals surface area contributed by atoms with Crippen molar-refractivity contribution in [2.24, 2.45) is 0 Å². The number of hydrogen-bond donors (Lipinski definition) is 2. The lowest BCUT2D eigenvalue weighted by Crippen LogP contribution is -2.66. The first-order valence-electron chi connectivity index (χ1n) is 13.0. The van der Waals surface area contributed by atoms with Gasteiger partial charge in [-0.15, -0.1) is 0 Å². The summed E-state index contributed by atoms with van der Waals surface area (Å²) >= 11 is 0. The lowest BCUT2D eigenvalue weighted by molar-refractivity contribution is -0.271. The van der Waals surface area contributed by atoms with Crippen molar-refractivity contribution in [1.29, 1.82) is 0 Å². The Labute approximate surface area is 233 Å². The Balaban J connectivity index is 1.76. The van der Waals surface area contributed by atoms with Crippen LogP contribution in [-0.4, -0.2) is 60.2 Å². The molecule has 3 aromatic carbocycles. The zero-order valence-electron chi connectivity index (χ0n) is 22.6. The fourth-order valence-electron chi connectivity index (χ4n) is 5.01. The molecule has 9 heteroatoms. The molecule has 0 aliphatic carbocycles. The molecular weight excluding hydrogens is 514 g/mol. The van der Waals surface area contributed by atoms with Gasteiger partial charge >= 0.3 is 11.9 Å². The predicted molar refractivity (Wildman–Crippen MR) is 145 cm³/mol. The topological polar surface area (TPSA) is 120 Å². The van der Waals surface area contributed by atoms with Gasteiger partial charge in [0.1, 0.15) is 23.9 Å². The second-order valence-corrected chi connectivity index (χ2v) is 9.53. The first-order chi connectivity index (χ1) is 19.2. The van der Waals surface area contributed by atoms with Gasteiger partial charge in [-0.05, 0) is 16.7 Å². The maximum atomic E-state index is 12.0. The molecule has 3 aromatic rings. The molecule has 0 spiro atoms. The molecule has 1 aliphatic heterocycles. The summed E-state index contributed by atoms with van der Waals surface area (Å²) in [5.74, 6) is -1.85. The Bertz CT molecular complexity index is 1190. The summed E-state index contributed by atoms with van der Waals surface area (Å²) in [7, 11) is 0. The van der Waals surface area contributed by atoms with E-state index in [1.807, 2.05) is 91.0 Å². The van der Waals surface area contributed by atoms with Crippen molar-refractivity contribution >= 4 is 17.8 Å². The van der Waals surface area contributed by atoms with E-state index < -0.39 is 54.1 Å². The van der Waals surface area contributed by atoms with E-state index >= 15 is 0 Å². The van der Waals surface area contributed by atoms with Crippen molar-refractivity contribution in [1.82, 2.24) is 5.32 Å². The highest BCUT2D eigenvalue weighted by Crippen LogP contribution is 2.41. The third-order valence-electron chi connectivity index (χ3n) is 6.63. The normalized spacial score (nSPS) is 22.6. The van der Waals surface area contributed by atoms with Gasteiger partial charge in [0, 0.05) is 20.8 Å². The van der Waals surface area contributed by atoms with Gasteiger partial charge < -0.3 is 29.4 Å². The maximum absolute atomic E-state index is 12.0. The Morgan fingerprint density at radius 1 is 0.775 bits per heavy atom. The Morgan fingerprint density at radius 2 is 1.23 bits per heavy atom. The third kappa shape index (κ3) is 6.39. The largest absolute Gasteiger partial charge is 0.457 e. The summed E-state index contributed by atoms with van der Waals surface area (Å²) in [5, 5.41) is 13.9. The van der Waals surface area contributed by atoms with Crippen LogP contribution >= 0.6 is 0 Å². The Morgan fingerprint density at radius 3 is 1.62 bits per heavy atom. The van der Waals surface area contributed by atoms with E-state index in [2.05, 4.69) is 5.32 Å². The number of esters is 2. The van der Waals surface area contributed by atoms with E-state index in [4.69, 9.17) is 18.9 Å². The molecule has 1 aliphatic rings. The molecule has 4 rings (SSSR count). The molecule has 0 saturated carbocycles. The van der Waals surface area contributed by atoms with E-state index in [-0.39, 0.29) is 6.61 Å². The molecule has 2 N–H and O–H groups in total. The van der Waals surface area contributed by atoms with Gasteiger partial charge in [0.25, 0.3) is 0 Å². The molecule has 1 saturated heterocycles. The molecule has 1 amide bonds. The molecular formula is C31H33NO8. The van der Waals surface area contributed by atoms with Crippen molar-refractivity contribution in [2.45, 2.75) is 57.0 Å². The summed E-state index contributed by atoms with van der Waals surface area (Å²) in [5.41, 5.74) is 1.39. The average molecular weight is 548 g/mol. The van der Waals surface area contributed by atoms with Crippen molar-refractivity contribution in [3.63, 3.8) is 0 Å². The summed E-state index contributed by atoms with van der Waals surface area (Å²) in [6.07, 6.45) is -5.14. The number of aliphatic hydroxyl groups is 1. The van der Waals surface area contributed by atoms with Gasteiger partial charge in [-0.25, -0.2) is 0 Å². The van der Waals surface area contributed by atoms with Gasteiger partial charge in [-0.1, -0.05) is 91.0 Å². The molecule has 0 aromatic heterocycles. The Kier molecular flexibility index (Phi) is 9.31. The van der Waals surface area contributed by atoms with Crippen molar-refractivity contribution < 1.29 is 38.4 Å². The van der Waals surface area contributed by atoms with Crippen LogP contribution in [0.3, 0.4) is 0 Å². The fourth-order valence-corrected chi connectivity index (χ4v) is 5.01. The number of nitrogens with one attached hydrogen (secondary N) is 1. The quantitative estimate of drug-likeness (QED) is 0.310. The molecule has 0 unspecified atom stereocenters. The van der Waals surface area contributed by atoms with Crippen LogP contribution < -0.4 is 5.32 Å². The van der Waals surface area contributed by atoms with Crippen LogP contribution in [0.25, 0.3) is 0 Å². The maximum Gasteiger partial charge on any atom is 0.305 e. The van der Waals surface area contributed by atoms with E-state index in [9.17, 15) is 19.5 Å². The highest BCUT2D eigenvalue weighted by atomic mass is 16.7. The summed E-state index contributed by atoms with van der Waals surface area (Å²) in [6.45, 7) is 3.44. The van der Waals surface area contributed by atoms with Crippen LogP contribution in [0.15, 0.2) is 91.0 Å². The van der Waals surface area contributed by atoms with Crippen LogP contribution in [0.2, 0.25) is 0 Å². The number of carbonyl (C=O) groups is 3. The number of rotatable bonds is 9. The number of carbonyl (C=O) groups excluding carboxylic acids is 3. The van der Waals surface area contributed by atoms with E-state index in [0.717, 1.165) is 16.7 Å². The van der Waals surface area contributed by atoms with Gasteiger partial charge in [0.05, 0.1) is 6.61 Å². The van der Waals surface area contributed by atoms with Crippen LogP contribution in [0.4, 0.5) is 0 Å². The predicted octanol–water partition coefficient (Wildman–Crippen LogP) is 3.08. The number of ether oxygens (including phenoxy) is 4. The molecule has 1 fully saturated rings. The number of amides is 1. The number of hydrogen-bond acceptors (Lipinski definition) is 8. The van der Waals surface area contributed by atoms with Crippen LogP contribution in [0.1, 0.15) is 37.5 Å². The molecule has 1 heterocycles. The second-order valence-electron chi connectivity index (χ2n) is 9.53. The van der Waals surface area contributed by atoms with Crippen molar-refractivity contribution in [3.05, 3.63) is 108 Å². The lowest BCUT2D eigenvalue weighted by atomic mass is 9.80. The zero-order chi connectivity index (χ0) is 28.7. The molecule has 0 bridgehead atoms. The van der Waals surface area contributed by atoms with E-state index in [1.165, 1.54) is 20.8 Å². The number of aliphatic hydroxyl groups excluding tert-OH is 1. The average Bonchev–Trinajstić information content (AvgIpc) is 2.94. The van der Waals surface area contributed by atoms with Gasteiger partial charge in [-0.2, -0.15) is 0 Å². The minimum absolute atomic E-state index is 0.192. The van der Waals surface area contributed by atoms with E-state index in [1.54, 1.807) is 0 Å². The van der Waals surface area contributed by atoms with Crippen molar-refractivity contribution in [3.8, 4) is 0 Å². The molecule has 40 heavy (non-hydrogen) atoms. The highest BCUT2D eigenvalue weighted by molar-refractivity contribution is 5.74. The Hall–Kier alpha value is -4.05. The van der Waals surface area contributed by atoms with Crippen molar-refractivity contribution in [2.75, 3.05) is 6.61 Å². The van der Waals surface area contributed by atoms with Gasteiger partial charge in [-0.3, -0.25) is 14.4 Å². The summed E-state index contributed by atoms with van der Waals surface area (Å²) in [4.78, 5) is 35.8. The van der Waals surface area contributed by atoms with Gasteiger partial charge in [0.2, 0.25) is 12.2 Å². The second kappa shape index (κ2) is 12.9. The van der Waals surface area contributed by atoms with Crippen LogP contribution in [-0.2, 0) is 38.9 Å². The first kappa shape index (κ1) is 28.9. The molecule has 5 atom stereocenters. The van der Waals surface area contributed by atoms with Crippen LogP contribution in [0.5, 0.6) is 0 Å². The minimum Gasteiger partial charge on any atom is -0.457 e. The lowest BCUT2D eigenvalue weighted by Gasteiger charge is -2.44. The number of benzene rings is 3. The highest BCUT2D eigenvalue weighted by Gasteiger charge is 2.50. The minimum atomic E-state index is -1.42. The third-order valence-corrected chi connectivity index (χ3v) is 6.63. The zero-order valence-corrected chi connectivity index (χ0v) is 22.6. The SMILES string of the molecule is CC(=O)N[C@H]1[C@@H](OC(C)=O)O[C@H](COC(c2ccccc2)(c2ccccc2)c2ccccc2)[C@H](O)[C@@H]1OC(C)=O. The standard InChI is InChI=1S/C31H33NO8/c1-20(33)32-27-29(38-21(2)34)28(36)26(40-30(27)39-22(3)35)19-37-31(23-13-7-4-8-14-23,24-15-9-5-10-16-24)25-17-11-6-12-18-25/h4-18,26-30,36H,19H2,1-3H3,(H,32,33)/t26-,27-,28+,29-,30+/m1/s1. The molecule has 9 nitrogen and oxygen atoms in total. The smallest absolute Gasteiger partial charge is 0.305 e. The molecule has 0 radical (unpaired) electrons.